The number of ether oxygens (including phenoxy) is 1. The van der Waals surface area contributed by atoms with E-state index in [4.69, 9.17) is 4.74 Å². The van der Waals surface area contributed by atoms with Gasteiger partial charge < -0.3 is 15.2 Å². The summed E-state index contributed by atoms with van der Waals surface area (Å²) in [6.07, 6.45) is -0.548. The van der Waals surface area contributed by atoms with Crippen LogP contribution in [0.5, 0.6) is 0 Å². The molecule has 2 aromatic carbocycles. The van der Waals surface area contributed by atoms with Gasteiger partial charge in [0, 0.05) is 6.42 Å². The summed E-state index contributed by atoms with van der Waals surface area (Å²) in [5.74, 6) is -1.10. The molecule has 2 N–H and O–H groups in total. The molecule has 2 rings (SSSR count). The SMILES string of the molecule is CC(C)(C)c1ccc(C[C@H](NC(=O)OCc2ccccc2)C(=O)O)cc1. The third-order valence-corrected chi connectivity index (χ3v) is 4.06. The van der Waals surface area contributed by atoms with E-state index in [-0.39, 0.29) is 18.4 Å². The second kappa shape index (κ2) is 8.52. The second-order valence-electron chi connectivity index (χ2n) is 7.25. The molecule has 5 nitrogen and oxygen atoms in total. The van der Waals surface area contributed by atoms with Gasteiger partial charge in [-0.2, -0.15) is 0 Å². The fraction of sp³-hybridized carbons (Fsp3) is 0.333. The Morgan fingerprint density at radius 2 is 1.62 bits per heavy atom. The topological polar surface area (TPSA) is 75.6 Å². The van der Waals surface area contributed by atoms with Gasteiger partial charge in [-0.3, -0.25) is 0 Å². The lowest BCUT2D eigenvalue weighted by Gasteiger charge is -2.20. The number of amides is 1. The van der Waals surface area contributed by atoms with Gasteiger partial charge in [-0.15, -0.1) is 0 Å². The minimum Gasteiger partial charge on any atom is -0.480 e. The first-order valence-electron chi connectivity index (χ1n) is 8.55. The summed E-state index contributed by atoms with van der Waals surface area (Å²) < 4.78 is 5.10. The van der Waals surface area contributed by atoms with Crippen molar-refractivity contribution in [3.8, 4) is 0 Å². The number of carboxylic acid groups (broad SMARTS) is 1. The van der Waals surface area contributed by atoms with Crippen LogP contribution in [0.3, 0.4) is 0 Å². The molecule has 0 aliphatic carbocycles. The molecule has 1 atom stereocenters. The van der Waals surface area contributed by atoms with E-state index in [1.165, 1.54) is 5.56 Å². The van der Waals surface area contributed by atoms with Gasteiger partial charge in [0.05, 0.1) is 0 Å². The fourth-order valence-corrected chi connectivity index (χ4v) is 2.48. The Balaban J connectivity index is 1.93. The largest absolute Gasteiger partial charge is 0.480 e. The van der Waals surface area contributed by atoms with Crippen molar-refractivity contribution >= 4 is 12.1 Å². The standard InChI is InChI=1S/C21H25NO4/c1-21(2,3)17-11-9-15(10-12-17)13-18(19(23)24)22-20(25)26-14-16-7-5-4-6-8-16/h4-12,18H,13-14H2,1-3H3,(H,22,25)(H,23,24)/t18-/m0/s1. The van der Waals surface area contributed by atoms with Gasteiger partial charge in [0.1, 0.15) is 12.6 Å². The third kappa shape index (κ3) is 5.92. The number of carboxylic acids is 1. The first-order chi connectivity index (χ1) is 12.3. The van der Waals surface area contributed by atoms with E-state index >= 15 is 0 Å². The van der Waals surface area contributed by atoms with Crippen LogP contribution in [-0.4, -0.2) is 23.2 Å². The Morgan fingerprint density at radius 3 is 2.15 bits per heavy atom. The van der Waals surface area contributed by atoms with Crippen LogP contribution in [0.2, 0.25) is 0 Å². The molecule has 0 saturated carbocycles. The summed E-state index contributed by atoms with van der Waals surface area (Å²) in [5.41, 5.74) is 2.88. The first-order valence-corrected chi connectivity index (χ1v) is 8.55. The minimum atomic E-state index is -1.10. The molecule has 0 spiro atoms. The molecule has 0 unspecified atom stereocenters. The van der Waals surface area contributed by atoms with Crippen molar-refractivity contribution < 1.29 is 19.4 Å². The average Bonchev–Trinajstić information content (AvgIpc) is 2.60. The second-order valence-corrected chi connectivity index (χ2v) is 7.25. The first kappa shape index (κ1) is 19.5. The van der Waals surface area contributed by atoms with Crippen molar-refractivity contribution in [1.29, 1.82) is 0 Å². The highest BCUT2D eigenvalue weighted by Gasteiger charge is 2.21. The fourth-order valence-electron chi connectivity index (χ4n) is 2.48. The van der Waals surface area contributed by atoms with E-state index in [0.29, 0.717) is 0 Å². The van der Waals surface area contributed by atoms with E-state index in [0.717, 1.165) is 11.1 Å². The monoisotopic (exact) mass is 355 g/mol. The van der Waals surface area contributed by atoms with E-state index in [1.54, 1.807) is 0 Å². The van der Waals surface area contributed by atoms with Crippen molar-refractivity contribution in [3.63, 3.8) is 0 Å². The van der Waals surface area contributed by atoms with Gasteiger partial charge in [-0.1, -0.05) is 75.4 Å². The van der Waals surface area contributed by atoms with Crippen molar-refractivity contribution in [1.82, 2.24) is 5.32 Å². The van der Waals surface area contributed by atoms with E-state index in [2.05, 4.69) is 26.1 Å². The van der Waals surface area contributed by atoms with Crippen LogP contribution in [0.15, 0.2) is 54.6 Å². The Bertz CT molecular complexity index is 733. The smallest absolute Gasteiger partial charge is 0.408 e. The third-order valence-electron chi connectivity index (χ3n) is 4.06. The summed E-state index contributed by atoms with van der Waals surface area (Å²) in [4.78, 5) is 23.4. The normalized spacial score (nSPS) is 12.3. The maximum Gasteiger partial charge on any atom is 0.408 e. The molecule has 1 amide bonds. The summed E-state index contributed by atoms with van der Waals surface area (Å²) >= 11 is 0. The number of benzene rings is 2. The summed E-state index contributed by atoms with van der Waals surface area (Å²) in [6, 6.07) is 16.0. The molecule has 26 heavy (non-hydrogen) atoms. The molecular weight excluding hydrogens is 330 g/mol. The average molecular weight is 355 g/mol. The maximum absolute atomic E-state index is 11.9. The van der Waals surface area contributed by atoms with Crippen molar-refractivity contribution in [2.45, 2.75) is 45.3 Å². The Kier molecular flexibility index (Phi) is 6.39. The number of carbonyl (C=O) groups is 2. The predicted molar refractivity (Wildman–Crippen MR) is 100 cm³/mol. The van der Waals surface area contributed by atoms with Crippen LogP contribution >= 0.6 is 0 Å². The Hall–Kier alpha value is -2.82. The van der Waals surface area contributed by atoms with Crippen molar-refractivity contribution in [2.24, 2.45) is 0 Å². The van der Waals surface area contributed by atoms with Crippen LogP contribution in [0.1, 0.15) is 37.5 Å². The number of rotatable bonds is 6. The summed E-state index contributed by atoms with van der Waals surface area (Å²) in [5, 5.41) is 11.8. The van der Waals surface area contributed by atoms with Crippen LogP contribution < -0.4 is 5.32 Å². The number of aliphatic carboxylic acids is 1. The molecule has 0 aliphatic rings. The number of hydrogen-bond donors (Lipinski definition) is 2. The van der Waals surface area contributed by atoms with Gasteiger partial charge in [-0.05, 0) is 22.1 Å². The van der Waals surface area contributed by atoms with Crippen LogP contribution in [0.4, 0.5) is 4.79 Å². The quantitative estimate of drug-likeness (QED) is 0.824. The zero-order chi connectivity index (χ0) is 19.2. The van der Waals surface area contributed by atoms with E-state index in [9.17, 15) is 14.7 Å². The lowest BCUT2D eigenvalue weighted by molar-refractivity contribution is -0.139. The Morgan fingerprint density at radius 1 is 1.00 bits per heavy atom. The lowest BCUT2D eigenvalue weighted by atomic mass is 9.86. The van der Waals surface area contributed by atoms with Crippen LogP contribution in [0, 0.1) is 0 Å². The molecule has 2 aromatic rings. The molecule has 0 radical (unpaired) electrons. The van der Waals surface area contributed by atoms with E-state index < -0.39 is 18.1 Å². The Labute approximate surface area is 154 Å². The van der Waals surface area contributed by atoms with Gasteiger partial charge >= 0.3 is 12.1 Å². The highest BCUT2D eigenvalue weighted by molar-refractivity contribution is 5.80. The van der Waals surface area contributed by atoms with Crippen molar-refractivity contribution in [2.75, 3.05) is 0 Å². The summed E-state index contributed by atoms with van der Waals surface area (Å²) in [6.45, 7) is 6.45. The van der Waals surface area contributed by atoms with E-state index in [1.807, 2.05) is 54.6 Å². The molecule has 0 heterocycles. The summed E-state index contributed by atoms with van der Waals surface area (Å²) in [7, 11) is 0. The lowest BCUT2D eigenvalue weighted by Crippen LogP contribution is -2.42. The van der Waals surface area contributed by atoms with Gasteiger partial charge in [0.25, 0.3) is 0 Å². The molecular formula is C21H25NO4. The molecule has 0 fully saturated rings. The molecule has 0 aliphatic heterocycles. The predicted octanol–water partition coefficient (Wildman–Crippen LogP) is 3.91. The van der Waals surface area contributed by atoms with Crippen molar-refractivity contribution in [3.05, 3.63) is 71.3 Å². The molecule has 0 bridgehead atoms. The van der Waals surface area contributed by atoms with Gasteiger partial charge in [0.2, 0.25) is 0 Å². The zero-order valence-electron chi connectivity index (χ0n) is 15.4. The van der Waals surface area contributed by atoms with Gasteiger partial charge in [-0.25, -0.2) is 9.59 Å². The molecule has 0 saturated heterocycles. The maximum atomic E-state index is 11.9. The van der Waals surface area contributed by atoms with Crippen LogP contribution in [-0.2, 0) is 28.0 Å². The van der Waals surface area contributed by atoms with Gasteiger partial charge in [0.15, 0.2) is 0 Å². The number of hydrogen-bond acceptors (Lipinski definition) is 3. The number of carbonyl (C=O) groups excluding carboxylic acids is 1. The minimum absolute atomic E-state index is 0.0320. The molecule has 138 valence electrons. The number of alkyl carbamates (subject to hydrolysis) is 1. The molecule has 0 aromatic heterocycles. The highest BCUT2D eigenvalue weighted by atomic mass is 16.5. The van der Waals surface area contributed by atoms with Crippen LogP contribution in [0.25, 0.3) is 0 Å². The molecule has 5 heteroatoms. The number of nitrogens with one attached hydrogen (secondary N) is 1. The highest BCUT2D eigenvalue weighted by Crippen LogP contribution is 2.22. The zero-order valence-corrected chi connectivity index (χ0v) is 15.4.